The fourth-order valence-electron chi connectivity index (χ4n) is 6.93. The van der Waals surface area contributed by atoms with Crippen LogP contribution in [0.3, 0.4) is 0 Å². The lowest BCUT2D eigenvalue weighted by molar-refractivity contribution is 0.0665. The first-order valence-electron chi connectivity index (χ1n) is 13.2. The summed E-state index contributed by atoms with van der Waals surface area (Å²) in [5.74, 6) is -0.628. The molecule has 6 nitrogen and oxygen atoms in total. The summed E-state index contributed by atoms with van der Waals surface area (Å²) in [7, 11) is 3.09. The van der Waals surface area contributed by atoms with Crippen LogP contribution in [0.5, 0.6) is 11.5 Å². The molecular formula is C33H24ClNO5S. The van der Waals surface area contributed by atoms with Gasteiger partial charge in [0.25, 0.3) is 0 Å². The lowest BCUT2D eigenvalue weighted by Gasteiger charge is -2.37. The lowest BCUT2D eigenvalue weighted by Crippen LogP contribution is -2.48. The molecule has 0 saturated carbocycles. The zero-order valence-electron chi connectivity index (χ0n) is 22.2. The molecule has 0 unspecified atom stereocenters. The summed E-state index contributed by atoms with van der Waals surface area (Å²) in [5.41, 5.74) is 1.27. The molecule has 2 aliphatic heterocycles. The van der Waals surface area contributed by atoms with Crippen molar-refractivity contribution in [3.8, 4) is 11.5 Å². The van der Waals surface area contributed by atoms with Gasteiger partial charge in [-0.2, -0.15) is 0 Å². The lowest BCUT2D eigenvalue weighted by atomic mass is 9.64. The third kappa shape index (κ3) is 3.46. The van der Waals surface area contributed by atoms with E-state index in [2.05, 4.69) is 0 Å². The van der Waals surface area contributed by atoms with E-state index in [1.165, 1.54) is 18.4 Å². The van der Waals surface area contributed by atoms with Crippen LogP contribution in [-0.4, -0.2) is 43.7 Å². The Balaban J connectivity index is 1.57. The molecule has 1 aromatic heterocycles. The molecule has 41 heavy (non-hydrogen) atoms. The minimum absolute atomic E-state index is 0.169. The van der Waals surface area contributed by atoms with Crippen LogP contribution in [0.25, 0.3) is 6.08 Å². The van der Waals surface area contributed by atoms with E-state index in [9.17, 15) is 14.4 Å². The predicted molar refractivity (Wildman–Crippen MR) is 159 cm³/mol. The third-order valence-corrected chi connectivity index (χ3v) is 9.69. The monoisotopic (exact) mass is 581 g/mol. The fourth-order valence-corrected chi connectivity index (χ4v) is 7.81. The molecule has 3 heterocycles. The van der Waals surface area contributed by atoms with Gasteiger partial charge in [-0.15, -0.1) is 11.3 Å². The molecule has 4 aromatic rings. The average molecular weight is 582 g/mol. The van der Waals surface area contributed by atoms with Crippen molar-refractivity contribution in [1.82, 2.24) is 0 Å². The van der Waals surface area contributed by atoms with Gasteiger partial charge in [-0.3, -0.25) is 14.4 Å². The van der Waals surface area contributed by atoms with E-state index >= 15 is 0 Å². The number of hydrogen-bond donors (Lipinski definition) is 0. The number of rotatable bonds is 5. The van der Waals surface area contributed by atoms with Crippen LogP contribution in [0.15, 0.2) is 84.3 Å². The van der Waals surface area contributed by atoms with Gasteiger partial charge < -0.3 is 14.4 Å². The molecule has 1 spiro atoms. The Labute approximate surface area is 245 Å². The van der Waals surface area contributed by atoms with Gasteiger partial charge in [-0.05, 0) is 41.3 Å². The summed E-state index contributed by atoms with van der Waals surface area (Å²) in [6.07, 6.45) is 3.78. The Morgan fingerprint density at radius 1 is 0.927 bits per heavy atom. The van der Waals surface area contributed by atoms with Gasteiger partial charge in [0, 0.05) is 39.4 Å². The van der Waals surface area contributed by atoms with E-state index in [4.69, 9.17) is 21.1 Å². The van der Waals surface area contributed by atoms with Crippen LogP contribution < -0.4 is 14.4 Å². The van der Waals surface area contributed by atoms with E-state index in [-0.39, 0.29) is 17.3 Å². The molecule has 0 amide bonds. The number of halogens is 1. The number of carbonyl (C=O) groups is 3. The van der Waals surface area contributed by atoms with Crippen molar-refractivity contribution in [2.24, 2.45) is 5.41 Å². The maximum Gasteiger partial charge on any atom is 0.195 e. The van der Waals surface area contributed by atoms with E-state index in [0.717, 1.165) is 11.3 Å². The van der Waals surface area contributed by atoms with Crippen LogP contribution in [0.2, 0.25) is 5.02 Å². The zero-order valence-corrected chi connectivity index (χ0v) is 23.7. The number of fused-ring (bicyclic) bond motifs is 5. The van der Waals surface area contributed by atoms with Crippen molar-refractivity contribution < 1.29 is 23.9 Å². The number of thiophene rings is 1. The fraction of sp³-hybridized carbons (Fsp3) is 0.182. The topological polar surface area (TPSA) is 72.9 Å². The minimum Gasteiger partial charge on any atom is -0.497 e. The first kappa shape index (κ1) is 25.7. The predicted octanol–water partition coefficient (Wildman–Crippen LogP) is 6.74. The summed E-state index contributed by atoms with van der Waals surface area (Å²) in [4.78, 5) is 46.6. The zero-order chi connectivity index (χ0) is 28.5. The highest BCUT2D eigenvalue weighted by molar-refractivity contribution is 7.12. The highest BCUT2D eigenvalue weighted by atomic mass is 35.5. The molecule has 204 valence electrons. The highest BCUT2D eigenvalue weighted by Gasteiger charge is 2.72. The minimum atomic E-state index is -1.61. The molecule has 1 fully saturated rings. The second-order valence-electron chi connectivity index (χ2n) is 10.4. The Bertz CT molecular complexity index is 1740. The molecule has 3 atom stereocenters. The second kappa shape index (κ2) is 9.43. The number of benzene rings is 3. The maximum atomic E-state index is 14.7. The molecule has 8 heteroatoms. The van der Waals surface area contributed by atoms with Gasteiger partial charge in [-0.25, -0.2) is 0 Å². The molecule has 3 aromatic carbocycles. The number of hydrogen-bond acceptors (Lipinski definition) is 7. The summed E-state index contributed by atoms with van der Waals surface area (Å²) in [6, 6.07) is 19.7. The smallest absolute Gasteiger partial charge is 0.195 e. The summed E-state index contributed by atoms with van der Waals surface area (Å²) >= 11 is 7.70. The van der Waals surface area contributed by atoms with Gasteiger partial charge in [0.2, 0.25) is 0 Å². The number of carbonyl (C=O) groups excluding carboxylic acids is 3. The van der Waals surface area contributed by atoms with Gasteiger partial charge in [0.15, 0.2) is 17.3 Å². The van der Waals surface area contributed by atoms with Crippen LogP contribution in [0.1, 0.15) is 47.4 Å². The molecule has 0 N–H and O–H groups in total. The van der Waals surface area contributed by atoms with Crippen molar-refractivity contribution in [3.63, 3.8) is 0 Å². The Morgan fingerprint density at radius 3 is 2.34 bits per heavy atom. The number of anilines is 1. The highest BCUT2D eigenvalue weighted by Crippen LogP contribution is 2.62. The molecule has 3 aliphatic rings. The van der Waals surface area contributed by atoms with Crippen LogP contribution in [0.4, 0.5) is 5.69 Å². The molecule has 1 saturated heterocycles. The molecular weight excluding hydrogens is 558 g/mol. The molecule has 1 aliphatic carbocycles. The second-order valence-corrected chi connectivity index (χ2v) is 11.7. The number of ketones is 3. The Morgan fingerprint density at radius 2 is 1.68 bits per heavy atom. The van der Waals surface area contributed by atoms with Crippen molar-refractivity contribution in [2.75, 3.05) is 19.1 Å². The van der Waals surface area contributed by atoms with Gasteiger partial charge in [-0.1, -0.05) is 60.2 Å². The van der Waals surface area contributed by atoms with Crippen LogP contribution in [-0.2, 0) is 0 Å². The van der Waals surface area contributed by atoms with Gasteiger partial charge in [0.05, 0.1) is 25.1 Å². The molecule has 0 bridgehead atoms. The van der Waals surface area contributed by atoms with Gasteiger partial charge >= 0.3 is 0 Å². The van der Waals surface area contributed by atoms with Crippen LogP contribution in [0, 0.1) is 5.41 Å². The first-order chi connectivity index (χ1) is 19.9. The Kier molecular flexibility index (Phi) is 5.92. The van der Waals surface area contributed by atoms with Crippen molar-refractivity contribution in [1.29, 1.82) is 0 Å². The van der Waals surface area contributed by atoms with E-state index in [1.54, 1.807) is 55.6 Å². The summed E-state index contributed by atoms with van der Waals surface area (Å²) < 4.78 is 11.3. The number of ether oxygens (including phenoxy) is 2. The summed E-state index contributed by atoms with van der Waals surface area (Å²) in [5, 5.41) is 2.40. The maximum absolute atomic E-state index is 14.7. The van der Waals surface area contributed by atoms with Crippen molar-refractivity contribution >= 4 is 52.1 Å². The Hall–Kier alpha value is -4.20. The van der Waals surface area contributed by atoms with E-state index in [1.807, 2.05) is 46.7 Å². The van der Waals surface area contributed by atoms with Crippen molar-refractivity contribution in [2.45, 2.75) is 18.0 Å². The van der Waals surface area contributed by atoms with E-state index < -0.39 is 23.4 Å². The van der Waals surface area contributed by atoms with Crippen molar-refractivity contribution in [3.05, 3.63) is 116 Å². The normalized spacial score (nSPS) is 21.5. The average Bonchev–Trinajstić information content (AvgIpc) is 3.70. The molecule has 0 radical (unpaired) electrons. The van der Waals surface area contributed by atoms with Gasteiger partial charge in [0.1, 0.15) is 23.0 Å². The largest absolute Gasteiger partial charge is 0.497 e. The van der Waals surface area contributed by atoms with Crippen LogP contribution >= 0.6 is 22.9 Å². The third-order valence-electron chi connectivity index (χ3n) is 8.57. The number of Topliss-reactive ketones (excluding diaryl/α,β-unsaturated/α-hetero) is 3. The molecule has 7 rings (SSSR count). The first-order valence-corrected chi connectivity index (χ1v) is 14.4. The quantitative estimate of drug-likeness (QED) is 0.192. The summed E-state index contributed by atoms with van der Waals surface area (Å²) in [6.45, 7) is 0. The standard InChI is InChI=1S/C33H24ClNO5S/c1-39-20-11-12-23(25(17-20)40-2)28-29(30(36)26-8-5-15-41-26)35-24-13-10-19(34)16-18(24)9-14-27(35)33(28)31(37)21-6-3-4-7-22(21)32(33)38/h3-17,27-29H,1-2H3/t27-,28+,29+/m1/s1. The van der Waals surface area contributed by atoms with E-state index in [0.29, 0.717) is 38.1 Å². The SMILES string of the molecule is COc1ccc([C@H]2[C@@H](C(=O)c3cccs3)N3c4ccc(Cl)cc4C=C[C@@H]3C23C(=O)c2ccccc2C3=O)c(OC)c1. The number of methoxy groups -OCH3 is 2. The number of nitrogens with zero attached hydrogens (tertiary/aromatic N) is 1.